The summed E-state index contributed by atoms with van der Waals surface area (Å²) in [6.45, 7) is 5.80. The minimum Gasteiger partial charge on any atom is -0.394 e. The molecule has 1 fully saturated rings. The molecule has 6 heteroatoms. The Bertz CT molecular complexity index is 834. The van der Waals surface area contributed by atoms with Gasteiger partial charge in [0.2, 0.25) is 0 Å². The second kappa shape index (κ2) is 8.72. The van der Waals surface area contributed by atoms with Crippen LogP contribution in [0.4, 0.5) is 0 Å². The van der Waals surface area contributed by atoms with Crippen LogP contribution < -0.4 is 0 Å². The van der Waals surface area contributed by atoms with Gasteiger partial charge >= 0.3 is 0 Å². The Hall–Kier alpha value is -1.47. The Morgan fingerprint density at radius 3 is 2.21 bits per heavy atom. The van der Waals surface area contributed by atoms with Gasteiger partial charge in [-0.1, -0.05) is 68.8 Å². The Morgan fingerprint density at radius 1 is 0.966 bits per heavy atom. The SMILES string of the molecule is CCc1ccc(C(C)(C)c2cc([C@@H]3O[C@H](CO)[C@@H](O)[C@H](O)[C@H]3O)ccc2Cl)cc1. The van der Waals surface area contributed by atoms with E-state index in [0.717, 1.165) is 17.5 Å². The molecule has 29 heavy (non-hydrogen) atoms. The fraction of sp³-hybridized carbons (Fsp3) is 0.478. The average molecular weight is 421 g/mol. The number of rotatable bonds is 5. The third-order valence-electron chi connectivity index (χ3n) is 5.97. The Labute approximate surface area is 176 Å². The fourth-order valence-electron chi connectivity index (χ4n) is 3.89. The average Bonchev–Trinajstić information content (AvgIpc) is 2.73. The van der Waals surface area contributed by atoms with Gasteiger partial charge in [0.15, 0.2) is 0 Å². The Balaban J connectivity index is 1.99. The molecule has 1 heterocycles. The first-order valence-electron chi connectivity index (χ1n) is 9.90. The van der Waals surface area contributed by atoms with E-state index in [0.29, 0.717) is 10.6 Å². The lowest BCUT2D eigenvalue weighted by atomic mass is 9.76. The summed E-state index contributed by atoms with van der Waals surface area (Å²) in [7, 11) is 0. The molecule has 0 unspecified atom stereocenters. The van der Waals surface area contributed by atoms with Crippen LogP contribution in [0.1, 0.15) is 49.1 Å². The molecule has 3 rings (SSSR count). The number of benzene rings is 2. The lowest BCUT2D eigenvalue weighted by molar-refractivity contribution is -0.231. The van der Waals surface area contributed by atoms with Crippen LogP contribution in [-0.2, 0) is 16.6 Å². The highest BCUT2D eigenvalue weighted by Crippen LogP contribution is 2.40. The van der Waals surface area contributed by atoms with E-state index in [1.165, 1.54) is 5.56 Å². The van der Waals surface area contributed by atoms with Gasteiger partial charge in [-0.05, 0) is 34.7 Å². The highest BCUT2D eigenvalue weighted by atomic mass is 35.5. The molecule has 2 aromatic carbocycles. The largest absolute Gasteiger partial charge is 0.394 e. The van der Waals surface area contributed by atoms with Crippen LogP contribution in [0, 0.1) is 0 Å². The highest BCUT2D eigenvalue weighted by molar-refractivity contribution is 6.31. The van der Waals surface area contributed by atoms with E-state index in [1.807, 2.05) is 6.07 Å². The maximum atomic E-state index is 10.5. The van der Waals surface area contributed by atoms with E-state index in [1.54, 1.807) is 12.1 Å². The van der Waals surface area contributed by atoms with Crippen LogP contribution in [0.5, 0.6) is 0 Å². The molecule has 2 aromatic rings. The molecule has 0 aromatic heterocycles. The summed E-state index contributed by atoms with van der Waals surface area (Å²) >= 11 is 6.54. The molecule has 0 bridgehead atoms. The first-order chi connectivity index (χ1) is 13.7. The van der Waals surface area contributed by atoms with Crippen LogP contribution in [0.2, 0.25) is 5.02 Å². The number of ether oxygens (including phenoxy) is 1. The smallest absolute Gasteiger partial charge is 0.113 e. The van der Waals surface area contributed by atoms with Crippen LogP contribution >= 0.6 is 11.6 Å². The Morgan fingerprint density at radius 2 is 1.62 bits per heavy atom. The van der Waals surface area contributed by atoms with E-state index in [-0.39, 0.29) is 0 Å². The molecule has 4 N–H and O–H groups in total. The lowest BCUT2D eigenvalue weighted by Gasteiger charge is -2.40. The van der Waals surface area contributed by atoms with Crippen molar-refractivity contribution in [2.24, 2.45) is 0 Å². The van der Waals surface area contributed by atoms with Crippen LogP contribution in [0.3, 0.4) is 0 Å². The van der Waals surface area contributed by atoms with Gasteiger partial charge in [-0.25, -0.2) is 0 Å². The summed E-state index contributed by atoms with van der Waals surface area (Å²) in [5.41, 5.74) is 3.43. The minimum absolute atomic E-state index is 0.409. The van der Waals surface area contributed by atoms with E-state index in [4.69, 9.17) is 16.3 Å². The van der Waals surface area contributed by atoms with Gasteiger partial charge in [0.1, 0.15) is 30.5 Å². The summed E-state index contributed by atoms with van der Waals surface area (Å²) in [4.78, 5) is 0. The molecule has 158 valence electrons. The molecule has 1 aliphatic rings. The van der Waals surface area contributed by atoms with Crippen molar-refractivity contribution in [3.05, 3.63) is 69.7 Å². The van der Waals surface area contributed by atoms with E-state index in [9.17, 15) is 20.4 Å². The van der Waals surface area contributed by atoms with Crippen molar-refractivity contribution < 1.29 is 25.2 Å². The molecular formula is C23H29ClO5. The van der Waals surface area contributed by atoms with Crippen molar-refractivity contribution in [1.82, 2.24) is 0 Å². The maximum absolute atomic E-state index is 10.5. The summed E-state index contributed by atoms with van der Waals surface area (Å²) in [6.07, 6.45) is -5.00. The summed E-state index contributed by atoms with van der Waals surface area (Å²) < 4.78 is 5.71. The van der Waals surface area contributed by atoms with E-state index in [2.05, 4.69) is 45.0 Å². The zero-order valence-corrected chi connectivity index (χ0v) is 17.7. The van der Waals surface area contributed by atoms with Crippen LogP contribution in [-0.4, -0.2) is 51.4 Å². The molecule has 0 radical (unpaired) electrons. The predicted octanol–water partition coefficient (Wildman–Crippen LogP) is 2.74. The molecule has 0 amide bonds. The predicted molar refractivity (Wildman–Crippen MR) is 112 cm³/mol. The zero-order chi connectivity index (χ0) is 21.3. The van der Waals surface area contributed by atoms with Gasteiger partial charge in [-0.15, -0.1) is 0 Å². The number of aliphatic hydroxyl groups excluding tert-OH is 4. The van der Waals surface area contributed by atoms with Gasteiger partial charge in [-0.3, -0.25) is 0 Å². The Kier molecular flexibility index (Phi) is 6.68. The van der Waals surface area contributed by atoms with Gasteiger partial charge in [0, 0.05) is 10.4 Å². The molecule has 1 aliphatic heterocycles. The van der Waals surface area contributed by atoms with Crippen molar-refractivity contribution in [2.45, 2.75) is 63.1 Å². The summed E-state index contributed by atoms with van der Waals surface area (Å²) in [5, 5.41) is 40.6. The number of halogens is 1. The van der Waals surface area contributed by atoms with Crippen LogP contribution in [0.25, 0.3) is 0 Å². The monoisotopic (exact) mass is 420 g/mol. The topological polar surface area (TPSA) is 90.2 Å². The first kappa shape index (κ1) is 22.2. The minimum atomic E-state index is -1.42. The number of hydrogen-bond acceptors (Lipinski definition) is 5. The van der Waals surface area contributed by atoms with Crippen molar-refractivity contribution in [3.8, 4) is 0 Å². The molecule has 5 nitrogen and oxygen atoms in total. The van der Waals surface area contributed by atoms with Crippen molar-refractivity contribution in [1.29, 1.82) is 0 Å². The molecule has 5 atom stereocenters. The number of aryl methyl sites for hydroxylation is 1. The molecular weight excluding hydrogens is 392 g/mol. The highest BCUT2D eigenvalue weighted by Gasteiger charge is 2.44. The number of hydrogen-bond donors (Lipinski definition) is 4. The second-order valence-corrected chi connectivity index (χ2v) is 8.57. The number of aliphatic hydroxyl groups is 4. The second-order valence-electron chi connectivity index (χ2n) is 8.16. The molecule has 0 aliphatic carbocycles. The van der Waals surface area contributed by atoms with Crippen LogP contribution in [0.15, 0.2) is 42.5 Å². The lowest BCUT2D eigenvalue weighted by Crippen LogP contribution is -2.55. The first-order valence-corrected chi connectivity index (χ1v) is 10.3. The van der Waals surface area contributed by atoms with E-state index < -0.39 is 42.5 Å². The summed E-state index contributed by atoms with van der Waals surface area (Å²) in [6, 6.07) is 13.7. The van der Waals surface area contributed by atoms with Crippen molar-refractivity contribution >= 4 is 11.6 Å². The third-order valence-corrected chi connectivity index (χ3v) is 6.30. The molecule has 0 spiro atoms. The third kappa shape index (κ3) is 4.22. The van der Waals surface area contributed by atoms with Gasteiger partial charge in [0.05, 0.1) is 6.61 Å². The fourth-order valence-corrected chi connectivity index (χ4v) is 4.24. The molecule has 0 saturated carbocycles. The summed E-state index contributed by atoms with van der Waals surface area (Å²) in [5.74, 6) is 0. The molecule has 1 saturated heterocycles. The standard InChI is InChI=1S/C23H29ClO5/c1-4-13-5-8-15(9-6-13)23(2,3)16-11-14(7-10-17(16)24)22-21(28)20(27)19(26)18(12-25)29-22/h5-11,18-22,25-28H,4,12H2,1-3H3/t18-,19-,20+,21-,22+/m1/s1. The quantitative estimate of drug-likeness (QED) is 0.597. The van der Waals surface area contributed by atoms with Gasteiger partial charge < -0.3 is 25.2 Å². The van der Waals surface area contributed by atoms with Gasteiger partial charge in [-0.2, -0.15) is 0 Å². The van der Waals surface area contributed by atoms with E-state index >= 15 is 0 Å². The van der Waals surface area contributed by atoms with Crippen molar-refractivity contribution in [2.75, 3.05) is 6.61 Å². The van der Waals surface area contributed by atoms with Crippen molar-refractivity contribution in [3.63, 3.8) is 0 Å². The maximum Gasteiger partial charge on any atom is 0.113 e. The van der Waals surface area contributed by atoms with Gasteiger partial charge in [0.25, 0.3) is 0 Å². The normalized spacial score (nSPS) is 27.8. The zero-order valence-electron chi connectivity index (χ0n) is 16.9.